The molecular weight excluding hydrogens is 422 g/mol. The molecule has 168 valence electrons. The van der Waals surface area contributed by atoms with Gasteiger partial charge in [0.05, 0.1) is 10.5 Å². The highest BCUT2D eigenvalue weighted by Gasteiger charge is 2.26. The van der Waals surface area contributed by atoms with E-state index in [0.717, 1.165) is 18.4 Å². The molecule has 0 radical (unpaired) electrons. The van der Waals surface area contributed by atoms with Gasteiger partial charge in [-0.15, -0.1) is 0 Å². The van der Waals surface area contributed by atoms with Crippen LogP contribution in [0.25, 0.3) is 0 Å². The largest absolute Gasteiger partial charge is 0.423 e. The standard InChI is InChI=1S/C25H23N3O5/c1-16-3-5-17(6-4-16)24(29)27(2)20-10-12-21(13-11-20)33-25(30)18-7-14-22(26-19-8-9-19)23(15-18)28(31)32/h3-7,10-15,19,26H,8-9H2,1-2H3. The summed E-state index contributed by atoms with van der Waals surface area (Å²) in [6.45, 7) is 1.95. The highest BCUT2D eigenvalue weighted by Crippen LogP contribution is 2.32. The number of nitrogens with one attached hydrogen (secondary N) is 1. The second-order valence-corrected chi connectivity index (χ2v) is 8.02. The van der Waals surface area contributed by atoms with Gasteiger partial charge in [-0.1, -0.05) is 17.7 Å². The fourth-order valence-electron chi connectivity index (χ4n) is 3.29. The summed E-state index contributed by atoms with van der Waals surface area (Å²) in [5.41, 5.74) is 2.58. The Bertz CT molecular complexity index is 1200. The van der Waals surface area contributed by atoms with Crippen LogP contribution in [0.2, 0.25) is 0 Å². The first-order valence-corrected chi connectivity index (χ1v) is 10.5. The van der Waals surface area contributed by atoms with Crippen molar-refractivity contribution in [2.24, 2.45) is 0 Å². The Balaban J connectivity index is 1.44. The third-order valence-corrected chi connectivity index (χ3v) is 5.40. The van der Waals surface area contributed by atoms with Crippen LogP contribution in [0.15, 0.2) is 66.7 Å². The minimum Gasteiger partial charge on any atom is -0.423 e. The summed E-state index contributed by atoms with van der Waals surface area (Å²) < 4.78 is 5.38. The first kappa shape index (κ1) is 22.0. The molecule has 0 atom stereocenters. The van der Waals surface area contributed by atoms with Gasteiger partial charge in [-0.3, -0.25) is 14.9 Å². The molecule has 0 spiro atoms. The van der Waals surface area contributed by atoms with Crippen molar-refractivity contribution in [2.75, 3.05) is 17.3 Å². The zero-order chi connectivity index (χ0) is 23.5. The van der Waals surface area contributed by atoms with Gasteiger partial charge in [0.15, 0.2) is 0 Å². The quantitative estimate of drug-likeness (QED) is 0.238. The van der Waals surface area contributed by atoms with Crippen molar-refractivity contribution in [2.45, 2.75) is 25.8 Å². The molecule has 1 N–H and O–H groups in total. The molecule has 0 saturated heterocycles. The number of hydrogen-bond acceptors (Lipinski definition) is 6. The summed E-state index contributed by atoms with van der Waals surface area (Å²) in [7, 11) is 1.67. The Hall–Kier alpha value is -4.20. The number of amides is 1. The van der Waals surface area contributed by atoms with E-state index in [0.29, 0.717) is 16.9 Å². The van der Waals surface area contributed by atoms with Crippen LogP contribution in [0.4, 0.5) is 17.1 Å². The lowest BCUT2D eigenvalue weighted by molar-refractivity contribution is -0.384. The first-order valence-electron chi connectivity index (χ1n) is 10.5. The smallest absolute Gasteiger partial charge is 0.343 e. The number of nitro benzene ring substituents is 1. The van der Waals surface area contributed by atoms with Crippen LogP contribution in [0.1, 0.15) is 39.1 Å². The van der Waals surface area contributed by atoms with Crippen LogP contribution in [0, 0.1) is 17.0 Å². The van der Waals surface area contributed by atoms with E-state index in [1.165, 1.54) is 23.1 Å². The lowest BCUT2D eigenvalue weighted by atomic mass is 10.1. The lowest BCUT2D eigenvalue weighted by Gasteiger charge is -2.18. The molecule has 1 aliphatic rings. The van der Waals surface area contributed by atoms with Gasteiger partial charge in [-0.25, -0.2) is 4.79 Å². The number of nitrogens with zero attached hydrogens (tertiary/aromatic N) is 2. The third-order valence-electron chi connectivity index (χ3n) is 5.40. The number of rotatable bonds is 7. The fourth-order valence-corrected chi connectivity index (χ4v) is 3.29. The van der Waals surface area contributed by atoms with E-state index in [2.05, 4.69) is 5.32 Å². The molecule has 0 aromatic heterocycles. The SMILES string of the molecule is Cc1ccc(C(=O)N(C)c2ccc(OC(=O)c3ccc(NC4CC4)c([N+](=O)[O-])c3)cc2)cc1. The van der Waals surface area contributed by atoms with Crippen LogP contribution >= 0.6 is 0 Å². The Morgan fingerprint density at radius 2 is 1.64 bits per heavy atom. The predicted molar refractivity (Wildman–Crippen MR) is 125 cm³/mol. The van der Waals surface area contributed by atoms with E-state index in [9.17, 15) is 19.7 Å². The second-order valence-electron chi connectivity index (χ2n) is 8.02. The highest BCUT2D eigenvalue weighted by molar-refractivity contribution is 6.05. The zero-order valence-corrected chi connectivity index (χ0v) is 18.3. The van der Waals surface area contributed by atoms with Gasteiger partial charge in [0.25, 0.3) is 11.6 Å². The van der Waals surface area contributed by atoms with Crippen molar-refractivity contribution >= 4 is 28.9 Å². The second kappa shape index (κ2) is 9.12. The number of carbonyl (C=O) groups is 2. The van der Waals surface area contributed by atoms with Gasteiger partial charge < -0.3 is 15.0 Å². The van der Waals surface area contributed by atoms with E-state index >= 15 is 0 Å². The van der Waals surface area contributed by atoms with Crippen molar-refractivity contribution in [1.82, 2.24) is 0 Å². The molecule has 8 nitrogen and oxygen atoms in total. The van der Waals surface area contributed by atoms with E-state index in [1.54, 1.807) is 43.4 Å². The van der Waals surface area contributed by atoms with Crippen LogP contribution in [-0.4, -0.2) is 29.9 Å². The minimum atomic E-state index is -0.701. The number of anilines is 2. The van der Waals surface area contributed by atoms with Gasteiger partial charge in [0.1, 0.15) is 11.4 Å². The minimum absolute atomic E-state index is 0.0822. The molecule has 1 aliphatic carbocycles. The maximum Gasteiger partial charge on any atom is 0.343 e. The number of esters is 1. The summed E-state index contributed by atoms with van der Waals surface area (Å²) in [6.07, 6.45) is 1.95. The fraction of sp³-hybridized carbons (Fsp3) is 0.200. The summed E-state index contributed by atoms with van der Waals surface area (Å²) in [5.74, 6) is -0.595. The van der Waals surface area contributed by atoms with Crippen molar-refractivity contribution in [3.05, 3.63) is 93.5 Å². The Labute approximate surface area is 190 Å². The number of nitro groups is 1. The average molecular weight is 445 g/mol. The van der Waals surface area contributed by atoms with Gasteiger partial charge in [-0.05, 0) is 68.3 Å². The third kappa shape index (κ3) is 5.17. The van der Waals surface area contributed by atoms with Gasteiger partial charge in [0.2, 0.25) is 0 Å². The molecule has 3 aromatic carbocycles. The summed E-state index contributed by atoms with van der Waals surface area (Å²) >= 11 is 0. The van der Waals surface area contributed by atoms with Crippen LogP contribution in [0.5, 0.6) is 5.75 Å². The number of aryl methyl sites for hydroxylation is 1. The summed E-state index contributed by atoms with van der Waals surface area (Å²) in [5, 5.41) is 14.5. The van der Waals surface area contributed by atoms with Gasteiger partial charge in [-0.2, -0.15) is 0 Å². The van der Waals surface area contributed by atoms with Gasteiger partial charge >= 0.3 is 5.97 Å². The van der Waals surface area contributed by atoms with Crippen LogP contribution < -0.4 is 15.0 Å². The number of carbonyl (C=O) groups excluding carboxylic acids is 2. The summed E-state index contributed by atoms with van der Waals surface area (Å²) in [4.78, 5) is 37.6. The molecule has 0 unspecified atom stereocenters. The molecule has 0 heterocycles. The monoisotopic (exact) mass is 445 g/mol. The zero-order valence-electron chi connectivity index (χ0n) is 18.3. The summed E-state index contributed by atoms with van der Waals surface area (Å²) in [6, 6.07) is 18.3. The number of ether oxygens (including phenoxy) is 1. The molecule has 0 aliphatic heterocycles. The van der Waals surface area contributed by atoms with E-state index in [4.69, 9.17) is 4.74 Å². The average Bonchev–Trinajstić information content (AvgIpc) is 3.63. The lowest BCUT2D eigenvalue weighted by Crippen LogP contribution is -2.26. The first-order chi connectivity index (χ1) is 15.8. The molecule has 8 heteroatoms. The molecule has 1 fully saturated rings. The van der Waals surface area contributed by atoms with Crippen molar-refractivity contribution in [3.8, 4) is 5.75 Å². The van der Waals surface area contributed by atoms with E-state index in [-0.39, 0.29) is 28.9 Å². The van der Waals surface area contributed by atoms with E-state index in [1.807, 2.05) is 19.1 Å². The van der Waals surface area contributed by atoms with Crippen molar-refractivity contribution in [3.63, 3.8) is 0 Å². The molecule has 1 saturated carbocycles. The Kier molecular flexibility index (Phi) is 6.08. The number of benzene rings is 3. The molecular formula is C25H23N3O5. The molecule has 0 bridgehead atoms. The highest BCUT2D eigenvalue weighted by atomic mass is 16.6. The van der Waals surface area contributed by atoms with Crippen molar-refractivity contribution < 1.29 is 19.2 Å². The maximum absolute atomic E-state index is 12.7. The Morgan fingerprint density at radius 1 is 1.00 bits per heavy atom. The van der Waals surface area contributed by atoms with Crippen LogP contribution in [-0.2, 0) is 0 Å². The molecule has 33 heavy (non-hydrogen) atoms. The molecule has 1 amide bonds. The number of hydrogen-bond donors (Lipinski definition) is 1. The normalized spacial score (nSPS) is 12.7. The van der Waals surface area contributed by atoms with E-state index < -0.39 is 10.9 Å². The Morgan fingerprint density at radius 3 is 2.24 bits per heavy atom. The van der Waals surface area contributed by atoms with Gasteiger partial charge in [0, 0.05) is 30.4 Å². The molecule has 3 aromatic rings. The topological polar surface area (TPSA) is 102 Å². The molecule has 4 rings (SSSR count). The maximum atomic E-state index is 12.7. The predicted octanol–water partition coefficient (Wildman–Crippen LogP) is 4.97. The van der Waals surface area contributed by atoms with Crippen LogP contribution in [0.3, 0.4) is 0 Å². The van der Waals surface area contributed by atoms with Crippen molar-refractivity contribution in [1.29, 1.82) is 0 Å².